The number of nitrogens with one attached hydrogen (secondary N) is 2. The second-order valence-electron chi connectivity index (χ2n) is 7.45. The van der Waals surface area contributed by atoms with Crippen LogP contribution in [-0.2, 0) is 4.74 Å². The van der Waals surface area contributed by atoms with Crippen molar-refractivity contribution < 1.29 is 9.53 Å². The number of hydrogen-bond donors (Lipinski definition) is 2. The molecule has 1 aliphatic heterocycles. The molecule has 2 aromatic rings. The first-order valence-electron chi connectivity index (χ1n) is 9.72. The Hall–Kier alpha value is -2.68. The van der Waals surface area contributed by atoms with Gasteiger partial charge < -0.3 is 15.4 Å². The molecule has 0 bridgehead atoms. The smallest absolute Gasteiger partial charge is 0.161 e. The molecule has 0 radical (unpaired) electrons. The highest BCUT2D eigenvalue weighted by Crippen LogP contribution is 2.27. The molecule has 0 aliphatic carbocycles. The number of nitrogens with zero attached hydrogens (tertiary/aromatic N) is 1. The molecule has 1 fully saturated rings. The van der Waals surface area contributed by atoms with Crippen molar-refractivity contribution in [1.29, 1.82) is 5.26 Å². The van der Waals surface area contributed by atoms with Gasteiger partial charge in [-0.3, -0.25) is 4.79 Å². The summed E-state index contributed by atoms with van der Waals surface area (Å²) in [5.41, 5.74) is 2.96. The van der Waals surface area contributed by atoms with Gasteiger partial charge in [0.2, 0.25) is 0 Å². The predicted molar refractivity (Wildman–Crippen MR) is 110 cm³/mol. The number of ketones is 1. The molecule has 146 valence electrons. The van der Waals surface area contributed by atoms with Crippen molar-refractivity contribution in [3.63, 3.8) is 0 Å². The van der Waals surface area contributed by atoms with Gasteiger partial charge in [0, 0.05) is 42.6 Å². The second-order valence-corrected chi connectivity index (χ2v) is 7.45. The van der Waals surface area contributed by atoms with Crippen LogP contribution in [0.4, 0.5) is 5.69 Å². The SMILES string of the molecule is CC(=O)c1ccc(C#N)cc1NCC1(NC(C)c2ccccc2)CCOCC1. The number of rotatable bonds is 7. The summed E-state index contributed by atoms with van der Waals surface area (Å²) in [7, 11) is 0. The van der Waals surface area contributed by atoms with Gasteiger partial charge in [-0.1, -0.05) is 30.3 Å². The fourth-order valence-corrected chi connectivity index (χ4v) is 3.75. The van der Waals surface area contributed by atoms with Crippen LogP contribution in [-0.4, -0.2) is 31.1 Å². The molecule has 3 rings (SSSR count). The number of anilines is 1. The third-order valence-corrected chi connectivity index (χ3v) is 5.42. The zero-order chi connectivity index (χ0) is 20.0. The molecule has 0 aromatic heterocycles. The highest BCUT2D eigenvalue weighted by atomic mass is 16.5. The Morgan fingerprint density at radius 3 is 2.57 bits per heavy atom. The molecule has 5 nitrogen and oxygen atoms in total. The van der Waals surface area contributed by atoms with Crippen LogP contribution in [0.15, 0.2) is 48.5 Å². The number of benzene rings is 2. The molecular weight excluding hydrogens is 350 g/mol. The van der Waals surface area contributed by atoms with Crippen LogP contribution in [0.2, 0.25) is 0 Å². The highest BCUT2D eigenvalue weighted by Gasteiger charge is 2.34. The van der Waals surface area contributed by atoms with E-state index in [1.165, 1.54) is 5.56 Å². The summed E-state index contributed by atoms with van der Waals surface area (Å²) in [5.74, 6) is -0.0152. The van der Waals surface area contributed by atoms with E-state index in [0.717, 1.165) is 12.8 Å². The largest absolute Gasteiger partial charge is 0.383 e. The zero-order valence-corrected chi connectivity index (χ0v) is 16.5. The Bertz CT molecular complexity index is 852. The van der Waals surface area contributed by atoms with Crippen molar-refractivity contribution in [2.24, 2.45) is 0 Å². The van der Waals surface area contributed by atoms with Gasteiger partial charge in [-0.15, -0.1) is 0 Å². The van der Waals surface area contributed by atoms with Gasteiger partial charge >= 0.3 is 0 Å². The highest BCUT2D eigenvalue weighted by molar-refractivity contribution is 5.99. The summed E-state index contributed by atoms with van der Waals surface area (Å²) in [4.78, 5) is 12.0. The van der Waals surface area contributed by atoms with Crippen molar-refractivity contribution in [3.8, 4) is 6.07 Å². The van der Waals surface area contributed by atoms with Gasteiger partial charge in [0.05, 0.1) is 11.6 Å². The van der Waals surface area contributed by atoms with Gasteiger partial charge in [-0.05, 0) is 50.5 Å². The van der Waals surface area contributed by atoms with E-state index >= 15 is 0 Å². The minimum atomic E-state index is -0.149. The normalized spacial score (nSPS) is 16.8. The van der Waals surface area contributed by atoms with E-state index in [9.17, 15) is 10.1 Å². The fourth-order valence-electron chi connectivity index (χ4n) is 3.75. The summed E-state index contributed by atoms with van der Waals surface area (Å²) in [6, 6.07) is 17.9. The maximum Gasteiger partial charge on any atom is 0.161 e. The van der Waals surface area contributed by atoms with E-state index in [4.69, 9.17) is 4.74 Å². The lowest BCUT2D eigenvalue weighted by atomic mass is 9.88. The maximum absolute atomic E-state index is 12.0. The molecule has 0 saturated carbocycles. The minimum Gasteiger partial charge on any atom is -0.383 e. The van der Waals surface area contributed by atoms with Crippen molar-refractivity contribution >= 4 is 11.5 Å². The molecule has 1 heterocycles. The fraction of sp³-hybridized carbons (Fsp3) is 0.391. The molecule has 5 heteroatoms. The molecule has 1 atom stereocenters. The molecule has 2 N–H and O–H groups in total. The lowest BCUT2D eigenvalue weighted by Gasteiger charge is -2.41. The summed E-state index contributed by atoms with van der Waals surface area (Å²) in [5, 5.41) is 16.5. The van der Waals surface area contributed by atoms with E-state index in [2.05, 4.69) is 47.9 Å². The van der Waals surface area contributed by atoms with Gasteiger partial charge in [0.1, 0.15) is 0 Å². The molecule has 1 unspecified atom stereocenters. The number of carbonyl (C=O) groups is 1. The lowest BCUT2D eigenvalue weighted by Crippen LogP contribution is -2.54. The average Bonchev–Trinajstić information content (AvgIpc) is 2.73. The predicted octanol–water partition coefficient (Wildman–Crippen LogP) is 4.07. The quantitative estimate of drug-likeness (QED) is 0.712. The Labute approximate surface area is 166 Å². The summed E-state index contributed by atoms with van der Waals surface area (Å²) >= 11 is 0. The molecule has 1 aliphatic rings. The molecule has 0 amide bonds. The third kappa shape index (κ3) is 4.78. The second kappa shape index (κ2) is 9.01. The number of nitriles is 1. The topological polar surface area (TPSA) is 74.2 Å². The van der Waals surface area contributed by atoms with Crippen LogP contribution >= 0.6 is 0 Å². The van der Waals surface area contributed by atoms with Gasteiger partial charge in [0.25, 0.3) is 0 Å². The maximum atomic E-state index is 12.0. The first kappa shape index (κ1) is 20.1. The molecule has 1 saturated heterocycles. The summed E-state index contributed by atoms with van der Waals surface area (Å²) in [6.07, 6.45) is 1.76. The summed E-state index contributed by atoms with van der Waals surface area (Å²) in [6.45, 7) is 5.78. The van der Waals surface area contributed by atoms with Crippen LogP contribution in [0, 0.1) is 11.3 Å². The van der Waals surface area contributed by atoms with E-state index in [1.807, 2.05) is 6.07 Å². The van der Waals surface area contributed by atoms with Gasteiger partial charge in [-0.2, -0.15) is 5.26 Å². The van der Waals surface area contributed by atoms with Gasteiger partial charge in [-0.25, -0.2) is 0 Å². The Morgan fingerprint density at radius 1 is 1.21 bits per heavy atom. The van der Waals surface area contributed by atoms with Crippen molar-refractivity contribution in [1.82, 2.24) is 5.32 Å². The van der Waals surface area contributed by atoms with Crippen LogP contribution in [0.5, 0.6) is 0 Å². The molecular formula is C23H27N3O2. The summed E-state index contributed by atoms with van der Waals surface area (Å²) < 4.78 is 5.60. The van der Waals surface area contributed by atoms with Crippen LogP contribution in [0.1, 0.15) is 54.2 Å². The Balaban J connectivity index is 1.80. The van der Waals surface area contributed by atoms with Crippen LogP contribution in [0.25, 0.3) is 0 Å². The number of carbonyl (C=O) groups excluding carboxylic acids is 1. The Kier molecular flexibility index (Phi) is 6.45. The van der Waals surface area contributed by atoms with Crippen molar-refractivity contribution in [3.05, 3.63) is 65.2 Å². The number of Topliss-reactive ketones (excluding diaryl/α,β-unsaturated/α-hetero) is 1. The van der Waals surface area contributed by atoms with E-state index in [1.54, 1.807) is 25.1 Å². The van der Waals surface area contributed by atoms with Crippen LogP contribution in [0.3, 0.4) is 0 Å². The first-order chi connectivity index (χ1) is 13.5. The van der Waals surface area contributed by atoms with E-state index in [0.29, 0.717) is 36.6 Å². The van der Waals surface area contributed by atoms with Gasteiger partial charge in [0.15, 0.2) is 5.78 Å². The Morgan fingerprint density at radius 2 is 1.93 bits per heavy atom. The number of hydrogen-bond acceptors (Lipinski definition) is 5. The minimum absolute atomic E-state index is 0.0152. The van der Waals surface area contributed by atoms with Crippen LogP contribution < -0.4 is 10.6 Å². The molecule has 28 heavy (non-hydrogen) atoms. The van der Waals surface area contributed by atoms with E-state index < -0.39 is 0 Å². The van der Waals surface area contributed by atoms with Crippen molar-refractivity contribution in [2.75, 3.05) is 25.1 Å². The van der Waals surface area contributed by atoms with E-state index in [-0.39, 0.29) is 17.4 Å². The standard InChI is InChI=1S/C23H27N3O2/c1-17(20-6-4-3-5-7-20)26-23(10-12-28-13-11-23)16-25-22-14-19(15-24)8-9-21(22)18(2)27/h3-9,14,17,25-26H,10-13,16H2,1-2H3. The first-order valence-corrected chi connectivity index (χ1v) is 9.72. The molecule has 2 aromatic carbocycles. The van der Waals surface area contributed by atoms with Crippen molar-refractivity contribution in [2.45, 2.75) is 38.3 Å². The zero-order valence-electron chi connectivity index (χ0n) is 16.5. The average molecular weight is 377 g/mol. The third-order valence-electron chi connectivity index (χ3n) is 5.42. The monoisotopic (exact) mass is 377 g/mol. The molecule has 0 spiro atoms. The lowest BCUT2D eigenvalue weighted by molar-refractivity contribution is 0.0389. The number of ether oxygens (including phenoxy) is 1.